The van der Waals surface area contributed by atoms with Gasteiger partial charge >= 0.3 is 0 Å². The zero-order valence-corrected chi connectivity index (χ0v) is 14.4. The third kappa shape index (κ3) is 4.22. The quantitative estimate of drug-likeness (QED) is 0.819. The number of alkyl halides is 1. The zero-order chi connectivity index (χ0) is 15.3. The van der Waals surface area contributed by atoms with Crippen molar-refractivity contribution in [2.45, 2.75) is 44.6 Å². The van der Waals surface area contributed by atoms with Crippen LogP contribution in [0.2, 0.25) is 0 Å². The summed E-state index contributed by atoms with van der Waals surface area (Å²) in [5.74, 6) is 1.52. The van der Waals surface area contributed by atoms with E-state index < -0.39 is 0 Å². The van der Waals surface area contributed by atoms with Crippen LogP contribution < -0.4 is 10.1 Å². The molecule has 1 fully saturated rings. The molecular formula is C17H24BrNO2. The van der Waals surface area contributed by atoms with E-state index in [2.05, 4.69) is 28.2 Å². The summed E-state index contributed by atoms with van der Waals surface area (Å²) < 4.78 is 5.32. The van der Waals surface area contributed by atoms with Gasteiger partial charge in [0.25, 0.3) is 0 Å². The summed E-state index contributed by atoms with van der Waals surface area (Å²) in [5.41, 5.74) is 0.850. The molecule has 4 heteroatoms. The van der Waals surface area contributed by atoms with Crippen LogP contribution in [0.25, 0.3) is 0 Å². The van der Waals surface area contributed by atoms with E-state index in [0.29, 0.717) is 12.3 Å². The molecule has 0 spiro atoms. The highest BCUT2D eigenvalue weighted by molar-refractivity contribution is 9.09. The first kappa shape index (κ1) is 16.3. The van der Waals surface area contributed by atoms with Crippen molar-refractivity contribution in [1.29, 1.82) is 0 Å². The van der Waals surface area contributed by atoms with Crippen molar-refractivity contribution in [2.75, 3.05) is 12.4 Å². The molecule has 1 aromatic rings. The normalized spacial score (nSPS) is 25.4. The van der Waals surface area contributed by atoms with Gasteiger partial charge < -0.3 is 10.1 Å². The number of hydrogen-bond acceptors (Lipinski definition) is 2. The van der Waals surface area contributed by atoms with Crippen molar-refractivity contribution >= 4 is 21.8 Å². The molecule has 0 radical (unpaired) electrons. The lowest BCUT2D eigenvalue weighted by Gasteiger charge is -2.39. The Morgan fingerprint density at radius 1 is 1.48 bits per heavy atom. The van der Waals surface area contributed by atoms with Crippen LogP contribution in [0.1, 0.15) is 38.2 Å². The summed E-state index contributed by atoms with van der Waals surface area (Å²) in [6.07, 6.45) is 4.92. The lowest BCUT2D eigenvalue weighted by molar-refractivity contribution is -0.122. The Labute approximate surface area is 135 Å². The van der Waals surface area contributed by atoms with E-state index in [1.807, 2.05) is 24.3 Å². The maximum Gasteiger partial charge on any atom is 0.225 e. The van der Waals surface area contributed by atoms with E-state index in [1.54, 1.807) is 7.11 Å². The molecule has 1 amide bonds. The van der Waals surface area contributed by atoms with Gasteiger partial charge in [0.15, 0.2) is 0 Å². The Bertz CT molecular complexity index is 491. The van der Waals surface area contributed by atoms with Gasteiger partial charge in [0.05, 0.1) is 13.5 Å². The molecule has 2 unspecified atom stereocenters. The second-order valence-electron chi connectivity index (χ2n) is 6.15. The minimum Gasteiger partial charge on any atom is -0.496 e. The number of hydrogen-bond donors (Lipinski definition) is 1. The van der Waals surface area contributed by atoms with Crippen LogP contribution in [-0.4, -0.2) is 23.9 Å². The molecule has 0 bridgehead atoms. The number of rotatable bonds is 5. The minimum atomic E-state index is -0.0865. The standard InChI is InChI=1S/C17H24BrNO2/c1-13-6-5-9-17(11-13,12-18)19-16(20)10-14-7-3-4-8-15(14)21-2/h3-4,7-8,13H,5-6,9-12H2,1-2H3,(H,19,20). The van der Waals surface area contributed by atoms with E-state index in [9.17, 15) is 4.79 Å². The van der Waals surface area contributed by atoms with E-state index >= 15 is 0 Å². The van der Waals surface area contributed by atoms with Gasteiger partial charge in [-0.05, 0) is 24.8 Å². The van der Waals surface area contributed by atoms with Crippen LogP contribution in [0.3, 0.4) is 0 Å². The van der Waals surface area contributed by atoms with Gasteiger partial charge in [0.2, 0.25) is 5.91 Å². The first-order valence-corrected chi connectivity index (χ1v) is 8.69. The maximum atomic E-state index is 12.4. The van der Waals surface area contributed by atoms with Gasteiger partial charge in [0, 0.05) is 16.4 Å². The molecule has 1 N–H and O–H groups in total. The Morgan fingerprint density at radius 2 is 2.24 bits per heavy atom. The molecule has 0 heterocycles. The summed E-state index contributed by atoms with van der Waals surface area (Å²) in [4.78, 5) is 12.4. The number of ether oxygens (including phenoxy) is 1. The van der Waals surface area contributed by atoms with Crippen molar-refractivity contribution in [2.24, 2.45) is 5.92 Å². The summed E-state index contributed by atoms with van der Waals surface area (Å²) >= 11 is 3.60. The van der Waals surface area contributed by atoms with Crippen molar-refractivity contribution < 1.29 is 9.53 Å². The van der Waals surface area contributed by atoms with Crippen molar-refractivity contribution in [3.8, 4) is 5.75 Å². The van der Waals surface area contributed by atoms with Gasteiger partial charge in [-0.2, -0.15) is 0 Å². The summed E-state index contributed by atoms with van der Waals surface area (Å²) in [6, 6.07) is 7.70. The lowest BCUT2D eigenvalue weighted by atomic mass is 9.77. The Balaban J connectivity index is 2.03. The fourth-order valence-electron chi connectivity index (χ4n) is 3.29. The number of carbonyl (C=O) groups is 1. The molecule has 21 heavy (non-hydrogen) atoms. The van der Waals surface area contributed by atoms with Gasteiger partial charge in [-0.25, -0.2) is 0 Å². The summed E-state index contributed by atoms with van der Waals surface area (Å²) in [6.45, 7) is 2.27. The first-order valence-electron chi connectivity index (χ1n) is 7.57. The van der Waals surface area contributed by atoms with Crippen LogP contribution >= 0.6 is 15.9 Å². The SMILES string of the molecule is COc1ccccc1CC(=O)NC1(CBr)CCCC(C)C1. The average Bonchev–Trinajstić information content (AvgIpc) is 2.47. The second-order valence-corrected chi connectivity index (χ2v) is 6.71. The van der Waals surface area contributed by atoms with Gasteiger partial charge in [0.1, 0.15) is 5.75 Å². The fourth-order valence-corrected chi connectivity index (χ4v) is 3.94. The van der Waals surface area contributed by atoms with Crippen molar-refractivity contribution in [3.63, 3.8) is 0 Å². The number of benzene rings is 1. The lowest BCUT2D eigenvalue weighted by Crippen LogP contribution is -2.53. The Morgan fingerprint density at radius 3 is 2.90 bits per heavy atom. The third-order valence-corrected chi connectivity index (χ3v) is 5.37. The first-order chi connectivity index (χ1) is 10.1. The third-order valence-electron chi connectivity index (χ3n) is 4.30. The highest BCUT2D eigenvalue weighted by Gasteiger charge is 2.35. The molecule has 2 rings (SSSR count). The Hall–Kier alpha value is -1.03. The fraction of sp³-hybridized carbons (Fsp3) is 0.588. The zero-order valence-electron chi connectivity index (χ0n) is 12.8. The van der Waals surface area contributed by atoms with E-state index in [1.165, 1.54) is 12.8 Å². The average molecular weight is 354 g/mol. The van der Waals surface area contributed by atoms with Crippen LogP contribution in [0, 0.1) is 5.92 Å². The highest BCUT2D eigenvalue weighted by atomic mass is 79.9. The molecule has 1 aliphatic carbocycles. The molecule has 1 aliphatic rings. The number of methoxy groups -OCH3 is 1. The molecule has 3 nitrogen and oxygen atoms in total. The smallest absolute Gasteiger partial charge is 0.225 e. The molecule has 1 aromatic carbocycles. The monoisotopic (exact) mass is 353 g/mol. The molecule has 0 saturated heterocycles. The molecular weight excluding hydrogens is 330 g/mol. The topological polar surface area (TPSA) is 38.3 Å². The van der Waals surface area contributed by atoms with Crippen molar-refractivity contribution in [1.82, 2.24) is 5.32 Å². The van der Waals surface area contributed by atoms with Crippen LogP contribution in [-0.2, 0) is 11.2 Å². The largest absolute Gasteiger partial charge is 0.496 e. The van der Waals surface area contributed by atoms with Gasteiger partial charge in [-0.3, -0.25) is 4.79 Å². The minimum absolute atomic E-state index is 0.0769. The number of para-hydroxylation sites is 1. The maximum absolute atomic E-state index is 12.4. The van der Waals surface area contributed by atoms with E-state index in [4.69, 9.17) is 4.74 Å². The molecule has 2 atom stereocenters. The van der Waals surface area contributed by atoms with Crippen molar-refractivity contribution in [3.05, 3.63) is 29.8 Å². The van der Waals surface area contributed by atoms with Crippen LogP contribution in [0.4, 0.5) is 0 Å². The van der Waals surface area contributed by atoms with Crippen LogP contribution in [0.15, 0.2) is 24.3 Å². The van der Waals surface area contributed by atoms with E-state index in [0.717, 1.165) is 29.5 Å². The molecule has 0 aromatic heterocycles. The summed E-state index contributed by atoms with van der Waals surface area (Å²) in [5, 5.41) is 4.09. The highest BCUT2D eigenvalue weighted by Crippen LogP contribution is 2.33. The predicted octanol–water partition coefficient (Wildman–Crippen LogP) is 3.70. The number of nitrogens with one attached hydrogen (secondary N) is 1. The number of carbonyl (C=O) groups excluding carboxylic acids is 1. The number of halogens is 1. The van der Waals surface area contributed by atoms with Gasteiger partial charge in [-0.15, -0.1) is 0 Å². The van der Waals surface area contributed by atoms with Gasteiger partial charge in [-0.1, -0.05) is 53.9 Å². The molecule has 116 valence electrons. The van der Waals surface area contributed by atoms with Crippen LogP contribution in [0.5, 0.6) is 5.75 Å². The van der Waals surface area contributed by atoms with E-state index in [-0.39, 0.29) is 11.4 Å². The number of amides is 1. The molecule has 0 aliphatic heterocycles. The Kier molecular flexibility index (Phi) is 5.68. The second kappa shape index (κ2) is 7.30. The summed E-state index contributed by atoms with van der Waals surface area (Å²) in [7, 11) is 1.64. The predicted molar refractivity (Wildman–Crippen MR) is 89.0 cm³/mol. The molecule has 1 saturated carbocycles.